The summed E-state index contributed by atoms with van der Waals surface area (Å²) in [5, 5.41) is 13.6. The third-order valence-electron chi connectivity index (χ3n) is 4.15. The van der Waals surface area contributed by atoms with Crippen LogP contribution in [0.1, 0.15) is 50.2 Å². The summed E-state index contributed by atoms with van der Waals surface area (Å²) in [5.74, 6) is -0.979. The highest BCUT2D eigenvalue weighted by atomic mass is 16.4. The Balaban J connectivity index is 2.23. The van der Waals surface area contributed by atoms with Crippen molar-refractivity contribution < 1.29 is 14.7 Å². The molecule has 1 amide bonds. The van der Waals surface area contributed by atoms with Crippen molar-refractivity contribution in [2.45, 2.75) is 46.6 Å². The number of aliphatic carboxylic acids is 1. The summed E-state index contributed by atoms with van der Waals surface area (Å²) >= 11 is 0. The molecular formula is C15H23N3O3. The second-order valence-electron chi connectivity index (χ2n) is 7.07. The number of amides is 1. The molecule has 21 heavy (non-hydrogen) atoms. The highest BCUT2D eigenvalue weighted by Gasteiger charge is 2.42. The molecule has 1 fully saturated rings. The molecule has 116 valence electrons. The van der Waals surface area contributed by atoms with E-state index in [0.29, 0.717) is 18.5 Å². The zero-order valence-corrected chi connectivity index (χ0v) is 13.3. The average molecular weight is 293 g/mol. The van der Waals surface area contributed by atoms with Crippen LogP contribution in [-0.4, -0.2) is 44.8 Å². The van der Waals surface area contributed by atoms with Gasteiger partial charge in [-0.3, -0.25) is 14.3 Å². The van der Waals surface area contributed by atoms with Crippen LogP contribution in [0.2, 0.25) is 0 Å². The summed E-state index contributed by atoms with van der Waals surface area (Å²) in [5.41, 5.74) is 0.336. The van der Waals surface area contributed by atoms with E-state index in [9.17, 15) is 14.7 Å². The first-order valence-electron chi connectivity index (χ1n) is 7.14. The second-order valence-corrected chi connectivity index (χ2v) is 7.07. The van der Waals surface area contributed by atoms with Crippen LogP contribution < -0.4 is 0 Å². The van der Waals surface area contributed by atoms with Crippen molar-refractivity contribution in [1.29, 1.82) is 0 Å². The SMILES string of the molecule is Cc1c(C(=O)N2CCC(C)(C(=O)O)C2)cnn1C(C)(C)C. The molecule has 1 saturated heterocycles. The quantitative estimate of drug-likeness (QED) is 0.903. The topological polar surface area (TPSA) is 75.4 Å². The molecule has 1 aliphatic rings. The van der Waals surface area contributed by atoms with Gasteiger partial charge in [-0.25, -0.2) is 0 Å². The highest BCUT2D eigenvalue weighted by Crippen LogP contribution is 2.31. The Hall–Kier alpha value is -1.85. The Morgan fingerprint density at radius 2 is 2.00 bits per heavy atom. The van der Waals surface area contributed by atoms with Crippen LogP contribution in [0.25, 0.3) is 0 Å². The summed E-state index contributed by atoms with van der Waals surface area (Å²) in [4.78, 5) is 25.5. The predicted molar refractivity (Wildman–Crippen MR) is 78.2 cm³/mol. The van der Waals surface area contributed by atoms with Gasteiger partial charge < -0.3 is 10.0 Å². The molecule has 6 nitrogen and oxygen atoms in total. The van der Waals surface area contributed by atoms with E-state index in [4.69, 9.17) is 0 Å². The van der Waals surface area contributed by atoms with Crippen molar-refractivity contribution in [3.8, 4) is 0 Å². The number of rotatable bonds is 2. The van der Waals surface area contributed by atoms with Gasteiger partial charge in [0.2, 0.25) is 0 Å². The van der Waals surface area contributed by atoms with Crippen molar-refractivity contribution in [3.05, 3.63) is 17.5 Å². The van der Waals surface area contributed by atoms with Gasteiger partial charge in [-0.15, -0.1) is 0 Å². The molecule has 0 aliphatic carbocycles. The summed E-state index contributed by atoms with van der Waals surface area (Å²) in [7, 11) is 0. The number of hydrogen-bond donors (Lipinski definition) is 1. The lowest BCUT2D eigenvalue weighted by atomic mass is 9.90. The van der Waals surface area contributed by atoms with Crippen LogP contribution in [-0.2, 0) is 10.3 Å². The number of nitrogens with zero attached hydrogens (tertiary/aromatic N) is 3. The number of carboxylic acid groups (broad SMARTS) is 1. The molecule has 1 atom stereocenters. The number of likely N-dealkylation sites (tertiary alicyclic amines) is 1. The summed E-state index contributed by atoms with van der Waals surface area (Å²) in [6.07, 6.45) is 2.07. The van der Waals surface area contributed by atoms with Crippen molar-refractivity contribution >= 4 is 11.9 Å². The van der Waals surface area contributed by atoms with Gasteiger partial charge in [-0.05, 0) is 41.0 Å². The molecular weight excluding hydrogens is 270 g/mol. The molecule has 0 bridgehead atoms. The van der Waals surface area contributed by atoms with Crippen LogP contribution in [0, 0.1) is 12.3 Å². The maximum Gasteiger partial charge on any atom is 0.311 e. The first-order valence-corrected chi connectivity index (χ1v) is 7.14. The van der Waals surface area contributed by atoms with E-state index >= 15 is 0 Å². The average Bonchev–Trinajstić information content (AvgIpc) is 2.92. The lowest BCUT2D eigenvalue weighted by Gasteiger charge is -2.22. The van der Waals surface area contributed by atoms with E-state index in [0.717, 1.165) is 5.69 Å². The Morgan fingerprint density at radius 3 is 2.43 bits per heavy atom. The van der Waals surface area contributed by atoms with Gasteiger partial charge in [0.15, 0.2) is 0 Å². The summed E-state index contributed by atoms with van der Waals surface area (Å²) < 4.78 is 1.83. The minimum atomic E-state index is -0.847. The zero-order valence-electron chi connectivity index (χ0n) is 13.3. The van der Waals surface area contributed by atoms with Gasteiger partial charge in [0.1, 0.15) is 0 Å². The minimum Gasteiger partial charge on any atom is -0.481 e. The zero-order chi connectivity index (χ0) is 16.0. The lowest BCUT2D eigenvalue weighted by molar-refractivity contribution is -0.147. The maximum absolute atomic E-state index is 12.6. The fraction of sp³-hybridized carbons (Fsp3) is 0.667. The smallest absolute Gasteiger partial charge is 0.311 e. The minimum absolute atomic E-state index is 0.132. The number of aromatic nitrogens is 2. The number of carboxylic acids is 1. The van der Waals surface area contributed by atoms with Gasteiger partial charge >= 0.3 is 5.97 Å². The first-order chi connectivity index (χ1) is 9.56. The summed E-state index contributed by atoms with van der Waals surface area (Å²) in [6.45, 7) is 10.4. The largest absolute Gasteiger partial charge is 0.481 e. The van der Waals surface area contributed by atoms with Crippen molar-refractivity contribution in [3.63, 3.8) is 0 Å². The molecule has 2 heterocycles. The van der Waals surface area contributed by atoms with Crippen molar-refractivity contribution in [2.24, 2.45) is 5.41 Å². The molecule has 1 aliphatic heterocycles. The number of hydrogen-bond acceptors (Lipinski definition) is 3. The Kier molecular flexibility index (Phi) is 3.59. The first kappa shape index (κ1) is 15.5. The number of carbonyl (C=O) groups is 2. The third kappa shape index (κ3) is 2.66. The fourth-order valence-electron chi connectivity index (χ4n) is 2.78. The van der Waals surface area contributed by atoms with Gasteiger partial charge in [0.25, 0.3) is 5.91 Å². The van der Waals surface area contributed by atoms with E-state index < -0.39 is 11.4 Å². The van der Waals surface area contributed by atoms with E-state index in [1.54, 1.807) is 18.0 Å². The monoisotopic (exact) mass is 293 g/mol. The third-order valence-corrected chi connectivity index (χ3v) is 4.15. The van der Waals surface area contributed by atoms with Crippen LogP contribution >= 0.6 is 0 Å². The molecule has 2 rings (SSSR count). The summed E-state index contributed by atoms with van der Waals surface area (Å²) in [6, 6.07) is 0. The predicted octanol–water partition coefficient (Wildman–Crippen LogP) is 1.88. The van der Waals surface area contributed by atoms with Crippen LogP contribution in [0.5, 0.6) is 0 Å². The normalized spacial score (nSPS) is 22.6. The molecule has 1 unspecified atom stereocenters. The Bertz CT molecular complexity index is 585. The second kappa shape index (κ2) is 4.86. The van der Waals surface area contributed by atoms with Crippen LogP contribution in [0.4, 0.5) is 0 Å². The van der Waals surface area contributed by atoms with E-state index in [-0.39, 0.29) is 18.0 Å². The fourth-order valence-corrected chi connectivity index (χ4v) is 2.78. The lowest BCUT2D eigenvalue weighted by Crippen LogP contribution is -2.35. The van der Waals surface area contributed by atoms with E-state index in [1.165, 1.54) is 0 Å². The van der Waals surface area contributed by atoms with E-state index in [2.05, 4.69) is 5.10 Å². The molecule has 0 saturated carbocycles. The standard InChI is InChI=1S/C15H23N3O3/c1-10-11(8-16-18(10)14(2,3)4)12(19)17-7-6-15(5,9-17)13(20)21/h8H,6-7,9H2,1-5H3,(H,20,21). The van der Waals surface area contributed by atoms with Gasteiger partial charge in [-0.2, -0.15) is 5.10 Å². The maximum atomic E-state index is 12.6. The Morgan fingerprint density at radius 1 is 1.38 bits per heavy atom. The van der Waals surface area contributed by atoms with Gasteiger partial charge in [0.05, 0.1) is 22.7 Å². The molecule has 1 aromatic heterocycles. The number of carbonyl (C=O) groups excluding carboxylic acids is 1. The molecule has 1 aromatic rings. The van der Waals surface area contributed by atoms with Crippen LogP contribution in [0.3, 0.4) is 0 Å². The van der Waals surface area contributed by atoms with E-state index in [1.807, 2.05) is 32.4 Å². The molecule has 1 N–H and O–H groups in total. The van der Waals surface area contributed by atoms with Crippen molar-refractivity contribution in [1.82, 2.24) is 14.7 Å². The molecule has 0 spiro atoms. The molecule has 0 radical (unpaired) electrons. The molecule has 6 heteroatoms. The van der Waals surface area contributed by atoms with Crippen LogP contribution in [0.15, 0.2) is 6.20 Å². The van der Waals surface area contributed by atoms with Gasteiger partial charge in [-0.1, -0.05) is 0 Å². The Labute approximate surface area is 124 Å². The highest BCUT2D eigenvalue weighted by molar-refractivity contribution is 5.95. The molecule has 0 aromatic carbocycles. The van der Waals surface area contributed by atoms with Gasteiger partial charge in [0, 0.05) is 18.8 Å². The van der Waals surface area contributed by atoms with Crippen molar-refractivity contribution in [2.75, 3.05) is 13.1 Å².